The number of carbonyl (C=O) groups excluding carboxylic acids is 3. The van der Waals surface area contributed by atoms with E-state index in [4.69, 9.17) is 4.74 Å². The quantitative estimate of drug-likeness (QED) is 0.0972. The fourth-order valence-corrected chi connectivity index (χ4v) is 5.61. The molecular formula is C26H21N5O7S. The first-order valence-corrected chi connectivity index (χ1v) is 12.4. The second-order valence-corrected chi connectivity index (χ2v) is 9.83. The Morgan fingerprint density at radius 1 is 1.15 bits per heavy atom. The highest BCUT2D eigenvalue weighted by molar-refractivity contribution is 7.17. The van der Waals surface area contributed by atoms with Gasteiger partial charge in [0, 0.05) is 18.3 Å². The summed E-state index contributed by atoms with van der Waals surface area (Å²) >= 11 is 0.832. The number of aromatic nitrogens is 3. The normalized spacial score (nSPS) is 16.7. The first-order chi connectivity index (χ1) is 18.5. The number of imidazole rings is 1. The average molecular weight is 548 g/mol. The van der Waals surface area contributed by atoms with Gasteiger partial charge in [0.15, 0.2) is 10.9 Å². The first-order valence-electron chi connectivity index (χ1n) is 11.6. The molecule has 39 heavy (non-hydrogen) atoms. The van der Waals surface area contributed by atoms with Crippen molar-refractivity contribution in [1.29, 1.82) is 0 Å². The second-order valence-electron chi connectivity index (χ2n) is 8.85. The Balaban J connectivity index is 1.78. The number of hydrogen-bond acceptors (Lipinski definition) is 10. The number of non-ortho nitro benzene ring substituents is 1. The van der Waals surface area contributed by atoms with E-state index in [9.17, 15) is 29.6 Å². The molecule has 0 spiro atoms. The summed E-state index contributed by atoms with van der Waals surface area (Å²) in [6, 6.07) is 7.79. The molecule has 1 aromatic carbocycles. The molecule has 3 aromatic heterocycles. The van der Waals surface area contributed by atoms with E-state index >= 15 is 0 Å². The topological polar surface area (TPSA) is 157 Å². The van der Waals surface area contributed by atoms with Gasteiger partial charge in [-0.25, -0.2) is 14.8 Å². The molecule has 0 saturated carbocycles. The molecule has 1 aliphatic rings. The third-order valence-electron chi connectivity index (χ3n) is 6.51. The molecule has 1 atom stereocenters. The summed E-state index contributed by atoms with van der Waals surface area (Å²) in [5.74, 6) is -3.25. The van der Waals surface area contributed by atoms with Crippen LogP contribution in [-0.4, -0.2) is 49.2 Å². The van der Waals surface area contributed by atoms with Crippen LogP contribution in [0, 0.1) is 30.9 Å². The number of thiazole rings is 1. The summed E-state index contributed by atoms with van der Waals surface area (Å²) < 4.78 is 6.54. The number of aliphatic hydroxyl groups is 1. The predicted octanol–water partition coefficient (Wildman–Crippen LogP) is 4.04. The van der Waals surface area contributed by atoms with E-state index in [1.807, 2.05) is 19.1 Å². The molecule has 1 fully saturated rings. The third kappa shape index (κ3) is 4.03. The molecule has 0 radical (unpaired) electrons. The lowest BCUT2D eigenvalue weighted by molar-refractivity contribution is -0.384. The summed E-state index contributed by atoms with van der Waals surface area (Å²) in [6.45, 7) is 5.10. The number of nitro groups is 1. The number of esters is 1. The van der Waals surface area contributed by atoms with Crippen molar-refractivity contribution in [1.82, 2.24) is 14.4 Å². The Morgan fingerprint density at radius 2 is 1.90 bits per heavy atom. The van der Waals surface area contributed by atoms with Crippen LogP contribution < -0.4 is 4.90 Å². The zero-order valence-electron chi connectivity index (χ0n) is 21.2. The Bertz CT molecular complexity index is 1750. The van der Waals surface area contributed by atoms with Gasteiger partial charge < -0.3 is 14.2 Å². The molecule has 5 rings (SSSR count). The fraction of sp³-hybridized carbons (Fsp3) is 0.192. The molecule has 12 nitrogen and oxygen atoms in total. The van der Waals surface area contributed by atoms with E-state index in [0.29, 0.717) is 11.3 Å². The number of carbonyl (C=O) groups is 3. The van der Waals surface area contributed by atoms with Crippen LogP contribution in [0.5, 0.6) is 0 Å². The summed E-state index contributed by atoms with van der Waals surface area (Å²) in [4.78, 5) is 60.1. The first kappa shape index (κ1) is 25.7. The number of anilines is 1. The molecule has 1 N–H and O–H groups in total. The summed E-state index contributed by atoms with van der Waals surface area (Å²) in [5, 5.41) is 23.1. The maximum Gasteiger partial charge on any atom is 0.350 e. The number of hydrogen-bond donors (Lipinski definition) is 1. The molecule has 4 aromatic rings. The molecule has 1 amide bonds. The van der Waals surface area contributed by atoms with Crippen molar-refractivity contribution in [2.45, 2.75) is 26.8 Å². The largest absolute Gasteiger partial charge is 0.505 e. The Kier molecular flexibility index (Phi) is 6.23. The Morgan fingerprint density at radius 3 is 2.56 bits per heavy atom. The molecule has 0 bridgehead atoms. The minimum absolute atomic E-state index is 0.00637. The monoisotopic (exact) mass is 547 g/mol. The SMILES string of the molecule is COC(=O)c1sc(N2C(=O)C(=O)/C(=C(/O)c3nc4c(C)cccn4c3C)C2c2cccc([N+](=O)[O-])c2)nc1C. The van der Waals surface area contributed by atoms with E-state index in [1.54, 1.807) is 24.4 Å². The highest BCUT2D eigenvalue weighted by Gasteiger charge is 2.49. The number of fused-ring (bicyclic) bond motifs is 1. The molecule has 13 heteroatoms. The van der Waals surface area contributed by atoms with E-state index in [2.05, 4.69) is 9.97 Å². The lowest BCUT2D eigenvalue weighted by atomic mass is 9.96. The number of Topliss-reactive ketones (excluding diaryl/α,β-unsaturated/α-hetero) is 1. The zero-order valence-corrected chi connectivity index (χ0v) is 22.0. The highest BCUT2D eigenvalue weighted by atomic mass is 32.1. The molecule has 4 heterocycles. The number of ether oxygens (including phenoxy) is 1. The van der Waals surface area contributed by atoms with Crippen molar-refractivity contribution in [3.05, 3.63) is 91.4 Å². The highest BCUT2D eigenvalue weighted by Crippen LogP contribution is 2.44. The number of nitro benzene ring substituents is 1. The lowest BCUT2D eigenvalue weighted by Crippen LogP contribution is -2.29. The van der Waals surface area contributed by atoms with Gasteiger partial charge in [-0.15, -0.1) is 0 Å². The van der Waals surface area contributed by atoms with E-state index < -0.39 is 34.4 Å². The smallest absolute Gasteiger partial charge is 0.350 e. The van der Waals surface area contributed by atoms with Crippen LogP contribution in [0.1, 0.15) is 43.9 Å². The Labute approximate surface area is 225 Å². The van der Waals surface area contributed by atoms with Gasteiger partial charge in [-0.05, 0) is 38.0 Å². The number of ketones is 1. The maximum atomic E-state index is 13.5. The van der Waals surface area contributed by atoms with Gasteiger partial charge in [0.1, 0.15) is 16.2 Å². The van der Waals surface area contributed by atoms with Gasteiger partial charge >= 0.3 is 11.9 Å². The van der Waals surface area contributed by atoms with Crippen LogP contribution in [0.3, 0.4) is 0 Å². The van der Waals surface area contributed by atoms with Crippen molar-refractivity contribution in [2.24, 2.45) is 0 Å². The number of aryl methyl sites for hydroxylation is 3. The van der Waals surface area contributed by atoms with Gasteiger partial charge in [0.25, 0.3) is 11.5 Å². The minimum Gasteiger partial charge on any atom is -0.505 e. The third-order valence-corrected chi connectivity index (χ3v) is 7.65. The Hall–Kier alpha value is -4.91. The van der Waals surface area contributed by atoms with Crippen LogP contribution in [0.4, 0.5) is 10.8 Å². The molecule has 198 valence electrons. The van der Waals surface area contributed by atoms with Gasteiger partial charge in [0.2, 0.25) is 0 Å². The van der Waals surface area contributed by atoms with Crippen molar-refractivity contribution in [3.63, 3.8) is 0 Å². The van der Waals surface area contributed by atoms with Gasteiger partial charge in [0.05, 0.1) is 35.0 Å². The number of amides is 1. The predicted molar refractivity (Wildman–Crippen MR) is 141 cm³/mol. The van der Waals surface area contributed by atoms with Crippen LogP contribution in [0.25, 0.3) is 11.4 Å². The van der Waals surface area contributed by atoms with Gasteiger partial charge in [-0.3, -0.25) is 24.6 Å². The van der Waals surface area contributed by atoms with Gasteiger partial charge in [-0.2, -0.15) is 0 Å². The molecule has 1 saturated heterocycles. The number of rotatable bonds is 5. The van der Waals surface area contributed by atoms with Crippen molar-refractivity contribution >= 4 is 51.2 Å². The van der Waals surface area contributed by atoms with Crippen LogP contribution in [-0.2, 0) is 14.3 Å². The molecule has 1 aliphatic heterocycles. The van der Waals surface area contributed by atoms with E-state index in [1.165, 1.54) is 31.4 Å². The summed E-state index contributed by atoms with van der Waals surface area (Å²) in [7, 11) is 1.20. The van der Waals surface area contributed by atoms with Crippen LogP contribution >= 0.6 is 11.3 Å². The van der Waals surface area contributed by atoms with Gasteiger partial charge in [-0.1, -0.05) is 29.5 Å². The van der Waals surface area contributed by atoms with E-state index in [-0.39, 0.29) is 38.2 Å². The molecular weight excluding hydrogens is 526 g/mol. The fourth-order valence-electron chi connectivity index (χ4n) is 4.59. The van der Waals surface area contributed by atoms with Crippen molar-refractivity contribution < 1.29 is 29.2 Å². The number of nitrogens with zero attached hydrogens (tertiary/aromatic N) is 5. The lowest BCUT2D eigenvalue weighted by Gasteiger charge is -2.22. The second kappa shape index (κ2) is 9.44. The van der Waals surface area contributed by atoms with Crippen LogP contribution in [0.2, 0.25) is 0 Å². The number of methoxy groups -OCH3 is 1. The van der Waals surface area contributed by atoms with Crippen molar-refractivity contribution in [3.8, 4) is 0 Å². The standard InChI is InChI=1S/C26H21N5O7S/c1-12-7-6-10-29-14(3)18(28-23(12)29)20(32)17-19(15-8-5-9-16(11-15)31(36)37)30(24(34)21(17)33)26-27-13(2)22(39-26)25(35)38-4/h5-11,19,32H,1-4H3/b20-17+. The minimum atomic E-state index is -1.29. The summed E-state index contributed by atoms with van der Waals surface area (Å²) in [5.41, 5.74) is 1.86. The molecule has 1 unspecified atom stereocenters. The number of benzene rings is 1. The van der Waals surface area contributed by atoms with Crippen molar-refractivity contribution in [2.75, 3.05) is 12.0 Å². The number of aliphatic hydroxyl groups excluding tert-OH is 1. The molecule has 0 aliphatic carbocycles. The zero-order chi connectivity index (χ0) is 28.2. The van der Waals surface area contributed by atoms with Crippen LogP contribution in [0.15, 0.2) is 48.2 Å². The number of pyridine rings is 1. The summed E-state index contributed by atoms with van der Waals surface area (Å²) in [6.07, 6.45) is 1.75. The maximum absolute atomic E-state index is 13.5. The average Bonchev–Trinajstić information content (AvgIpc) is 3.55. The van der Waals surface area contributed by atoms with E-state index in [0.717, 1.165) is 21.8 Å².